The highest BCUT2D eigenvalue weighted by Gasteiger charge is 2.11. The van der Waals surface area contributed by atoms with Gasteiger partial charge >= 0.3 is 16.3 Å². The molecule has 0 atom stereocenters. The lowest BCUT2D eigenvalue weighted by Crippen LogP contribution is -2.41. The lowest BCUT2D eigenvalue weighted by atomic mass is 10.3. The van der Waals surface area contributed by atoms with Crippen molar-refractivity contribution in [2.75, 3.05) is 18.4 Å². The van der Waals surface area contributed by atoms with E-state index >= 15 is 0 Å². The first-order chi connectivity index (χ1) is 7.99. The summed E-state index contributed by atoms with van der Waals surface area (Å²) in [4.78, 5) is 10.1. The number of rotatable bonds is 6. The summed E-state index contributed by atoms with van der Waals surface area (Å²) in [6.45, 7) is 0.433. The zero-order valence-electron chi connectivity index (χ0n) is 8.88. The Kier molecular flexibility index (Phi) is 4.73. The number of carboxylic acid groups (broad SMARTS) is 1. The van der Waals surface area contributed by atoms with Gasteiger partial charge in [0, 0.05) is 18.8 Å². The summed E-state index contributed by atoms with van der Waals surface area (Å²) in [6, 6.07) is 9.23. The van der Waals surface area contributed by atoms with Crippen LogP contribution in [-0.2, 0) is 10.2 Å². The fourth-order valence-corrected chi connectivity index (χ4v) is 1.77. The Balaban J connectivity index is 2.27. The van der Waals surface area contributed by atoms with E-state index in [1.165, 1.54) is 4.72 Å². The van der Waals surface area contributed by atoms with Crippen LogP contribution in [-0.4, -0.2) is 32.7 Å². The number of anilines is 1. The normalized spacial score (nSPS) is 10.8. The largest absolute Gasteiger partial charge is 0.464 e. The topological polar surface area (TPSA) is 108 Å². The fourth-order valence-electron chi connectivity index (χ4n) is 1.10. The molecule has 0 aliphatic carbocycles. The Morgan fingerprint density at radius 2 is 1.82 bits per heavy atom. The van der Waals surface area contributed by atoms with Crippen LogP contribution in [0, 0.1) is 0 Å². The first-order valence-electron chi connectivity index (χ1n) is 4.79. The Morgan fingerprint density at radius 1 is 1.18 bits per heavy atom. The molecule has 0 bridgehead atoms. The second-order valence-corrected chi connectivity index (χ2v) is 4.60. The highest BCUT2D eigenvalue weighted by atomic mass is 32.2. The van der Waals surface area contributed by atoms with E-state index in [1.54, 1.807) is 0 Å². The maximum atomic E-state index is 11.0. The summed E-state index contributed by atoms with van der Waals surface area (Å²) in [5, 5.41) is 11.2. The summed E-state index contributed by atoms with van der Waals surface area (Å²) in [6.07, 6.45) is -1.62. The van der Waals surface area contributed by atoms with Gasteiger partial charge in [-0.15, -0.1) is 0 Å². The first kappa shape index (κ1) is 13.3. The molecule has 0 saturated heterocycles. The molecule has 94 valence electrons. The lowest BCUT2D eigenvalue weighted by Gasteiger charge is -2.07. The molecule has 1 aromatic carbocycles. The van der Waals surface area contributed by atoms with Crippen molar-refractivity contribution in [1.82, 2.24) is 9.44 Å². The molecule has 8 heteroatoms. The van der Waals surface area contributed by atoms with Crippen molar-refractivity contribution >= 4 is 22.0 Å². The molecule has 0 aromatic heterocycles. The molecule has 0 aliphatic heterocycles. The molecular weight excluding hydrogens is 246 g/mol. The quantitative estimate of drug-likeness (QED) is 0.546. The van der Waals surface area contributed by atoms with Gasteiger partial charge in [-0.25, -0.2) is 9.52 Å². The molecule has 0 radical (unpaired) electrons. The molecule has 4 N–H and O–H groups in total. The summed E-state index contributed by atoms with van der Waals surface area (Å²) in [5.74, 6) is 0. The molecule has 7 nitrogen and oxygen atoms in total. The standard InChI is InChI=1S/C9H13N3O4S/c13-9(14)12-17(15,16)11-7-6-10-8-4-2-1-3-5-8/h1-5,10-12H,6-7H2,(H,13,14). The van der Waals surface area contributed by atoms with Crippen LogP contribution in [0.5, 0.6) is 0 Å². The van der Waals surface area contributed by atoms with Crippen molar-refractivity contribution in [2.24, 2.45) is 0 Å². The van der Waals surface area contributed by atoms with E-state index in [0.29, 0.717) is 6.54 Å². The van der Waals surface area contributed by atoms with Gasteiger partial charge in [0.15, 0.2) is 0 Å². The molecule has 0 spiro atoms. The van der Waals surface area contributed by atoms with Crippen LogP contribution >= 0.6 is 0 Å². The number of nitrogens with one attached hydrogen (secondary N) is 3. The molecule has 1 amide bonds. The number of hydrogen-bond donors (Lipinski definition) is 4. The molecule has 0 unspecified atom stereocenters. The van der Waals surface area contributed by atoms with Gasteiger partial charge in [-0.1, -0.05) is 18.2 Å². The van der Waals surface area contributed by atoms with Gasteiger partial charge in [-0.3, -0.25) is 0 Å². The number of amides is 1. The minimum absolute atomic E-state index is 0.0809. The smallest absolute Gasteiger partial charge is 0.419 e. The van der Waals surface area contributed by atoms with Crippen molar-refractivity contribution in [3.63, 3.8) is 0 Å². The predicted octanol–water partition coefficient (Wildman–Crippen LogP) is 0.201. The number of benzene rings is 1. The minimum Gasteiger partial charge on any atom is -0.464 e. The van der Waals surface area contributed by atoms with Crippen LogP contribution in [0.2, 0.25) is 0 Å². The van der Waals surface area contributed by atoms with E-state index in [4.69, 9.17) is 5.11 Å². The molecule has 0 aliphatic rings. The lowest BCUT2D eigenvalue weighted by molar-refractivity contribution is 0.201. The van der Waals surface area contributed by atoms with Gasteiger partial charge < -0.3 is 10.4 Å². The summed E-state index contributed by atoms with van der Waals surface area (Å²) in [5.41, 5.74) is 0.859. The monoisotopic (exact) mass is 259 g/mol. The van der Waals surface area contributed by atoms with Crippen molar-refractivity contribution < 1.29 is 18.3 Å². The molecule has 0 fully saturated rings. The molecule has 17 heavy (non-hydrogen) atoms. The van der Waals surface area contributed by atoms with Gasteiger partial charge in [0.25, 0.3) is 0 Å². The number of para-hydroxylation sites is 1. The SMILES string of the molecule is O=C(O)NS(=O)(=O)NCCNc1ccccc1. The van der Waals surface area contributed by atoms with E-state index in [2.05, 4.69) is 10.0 Å². The zero-order chi connectivity index (χ0) is 12.7. The summed E-state index contributed by atoms with van der Waals surface area (Å²) >= 11 is 0. The second-order valence-electron chi connectivity index (χ2n) is 3.10. The maximum Gasteiger partial charge on any atom is 0.419 e. The average molecular weight is 259 g/mol. The summed E-state index contributed by atoms with van der Waals surface area (Å²) in [7, 11) is -3.97. The highest BCUT2D eigenvalue weighted by Crippen LogP contribution is 2.03. The third-order valence-corrected chi connectivity index (χ3v) is 2.77. The zero-order valence-corrected chi connectivity index (χ0v) is 9.70. The third-order valence-electron chi connectivity index (χ3n) is 1.74. The Labute approximate surface area is 99.0 Å². The molecule has 0 saturated carbocycles. The average Bonchev–Trinajstić information content (AvgIpc) is 2.24. The van der Waals surface area contributed by atoms with E-state index in [9.17, 15) is 13.2 Å². The van der Waals surface area contributed by atoms with E-state index in [1.807, 2.05) is 30.3 Å². The molecular formula is C9H13N3O4S. The number of carbonyl (C=O) groups is 1. The van der Waals surface area contributed by atoms with Crippen LogP contribution in [0.15, 0.2) is 30.3 Å². The van der Waals surface area contributed by atoms with E-state index in [-0.39, 0.29) is 6.54 Å². The van der Waals surface area contributed by atoms with Crippen LogP contribution < -0.4 is 14.8 Å². The van der Waals surface area contributed by atoms with Crippen molar-refractivity contribution in [3.8, 4) is 0 Å². The Bertz CT molecular complexity index is 460. The third kappa shape index (κ3) is 5.73. The van der Waals surface area contributed by atoms with Gasteiger partial charge in [0.1, 0.15) is 0 Å². The fraction of sp³-hybridized carbons (Fsp3) is 0.222. The van der Waals surface area contributed by atoms with Crippen LogP contribution in [0.1, 0.15) is 0 Å². The predicted molar refractivity (Wildman–Crippen MR) is 63.0 cm³/mol. The van der Waals surface area contributed by atoms with E-state index in [0.717, 1.165) is 5.69 Å². The van der Waals surface area contributed by atoms with E-state index < -0.39 is 16.3 Å². The first-order valence-corrected chi connectivity index (χ1v) is 6.27. The second kappa shape index (κ2) is 6.06. The minimum atomic E-state index is -3.97. The maximum absolute atomic E-state index is 11.0. The van der Waals surface area contributed by atoms with Crippen molar-refractivity contribution in [2.45, 2.75) is 0 Å². The highest BCUT2D eigenvalue weighted by molar-refractivity contribution is 7.88. The van der Waals surface area contributed by atoms with Gasteiger partial charge in [-0.05, 0) is 12.1 Å². The Morgan fingerprint density at radius 3 is 2.41 bits per heavy atom. The molecule has 0 heterocycles. The van der Waals surface area contributed by atoms with Gasteiger partial charge in [-0.2, -0.15) is 13.1 Å². The number of hydrogen-bond acceptors (Lipinski definition) is 4. The molecule has 1 aromatic rings. The van der Waals surface area contributed by atoms with Crippen molar-refractivity contribution in [3.05, 3.63) is 30.3 Å². The van der Waals surface area contributed by atoms with Gasteiger partial charge in [0.2, 0.25) is 0 Å². The van der Waals surface area contributed by atoms with Gasteiger partial charge in [0.05, 0.1) is 0 Å². The molecule has 1 rings (SSSR count). The van der Waals surface area contributed by atoms with Crippen LogP contribution in [0.25, 0.3) is 0 Å². The van der Waals surface area contributed by atoms with Crippen molar-refractivity contribution in [1.29, 1.82) is 0 Å². The van der Waals surface area contributed by atoms with Crippen LogP contribution in [0.3, 0.4) is 0 Å². The summed E-state index contributed by atoms with van der Waals surface area (Å²) < 4.78 is 25.5. The Hall–Kier alpha value is -1.80. The van der Waals surface area contributed by atoms with Crippen LogP contribution in [0.4, 0.5) is 10.5 Å².